The molecule has 0 saturated carbocycles. The quantitative estimate of drug-likeness (QED) is 0.385. The molecule has 0 atom stereocenters. The summed E-state index contributed by atoms with van der Waals surface area (Å²) in [4.78, 5) is 8.72. The molecule has 0 amide bonds. The van der Waals surface area contributed by atoms with Gasteiger partial charge in [0, 0.05) is 0 Å². The van der Waals surface area contributed by atoms with E-state index >= 15 is 0 Å². The van der Waals surface area contributed by atoms with Gasteiger partial charge >= 0.3 is 0 Å². The zero-order valence-electron chi connectivity index (χ0n) is 14.3. The number of aryl methyl sites for hydroxylation is 4. The van der Waals surface area contributed by atoms with E-state index in [2.05, 4.69) is 9.98 Å². The van der Waals surface area contributed by atoms with Gasteiger partial charge in [0.1, 0.15) is 0 Å². The molecule has 4 N–H and O–H groups in total. The van der Waals surface area contributed by atoms with E-state index in [-0.39, 0.29) is 11.7 Å². The fraction of sp³-hybridized carbons (Fsp3) is 0.222. The van der Waals surface area contributed by atoms with Gasteiger partial charge in [0.2, 0.25) is 0 Å². The molecule has 0 aliphatic rings. The van der Waals surface area contributed by atoms with Crippen molar-refractivity contribution in [2.24, 2.45) is 9.98 Å². The number of nitrogens with zero attached hydrogens (tertiary/aromatic N) is 2. The van der Waals surface area contributed by atoms with E-state index in [9.17, 15) is 10.4 Å². The maximum absolute atomic E-state index is 9.44. The van der Waals surface area contributed by atoms with Gasteiger partial charge in [-0.15, -0.1) is 0 Å². The predicted molar refractivity (Wildman–Crippen MR) is 95.9 cm³/mol. The Kier molecular flexibility index (Phi) is 5.68. The normalized spacial score (nSPS) is 12.2. The molecular formula is C18H22N4O2. The number of hydrogen-bond donors (Lipinski definition) is 4. The summed E-state index contributed by atoms with van der Waals surface area (Å²) in [5, 5.41) is 18.9. The van der Waals surface area contributed by atoms with Crippen LogP contribution in [0.4, 0.5) is 11.4 Å². The van der Waals surface area contributed by atoms with Crippen LogP contribution in [0.1, 0.15) is 22.3 Å². The van der Waals surface area contributed by atoms with Gasteiger partial charge in [-0.05, 0) is 62.1 Å². The maximum atomic E-state index is 9.44. The minimum absolute atomic E-state index is 0.0205. The molecule has 0 saturated heterocycles. The molecule has 2 aromatic rings. The molecule has 0 fully saturated rings. The number of amidine groups is 2. The third kappa shape index (κ3) is 4.18. The molecule has 6 heteroatoms. The Bertz CT molecular complexity index is 730. The van der Waals surface area contributed by atoms with Gasteiger partial charge in [0.15, 0.2) is 11.7 Å². The number of aliphatic imine (C=N–C) groups is 2. The fourth-order valence-electron chi connectivity index (χ4n) is 2.18. The molecule has 0 heterocycles. The molecular weight excluding hydrogens is 304 g/mol. The van der Waals surface area contributed by atoms with Gasteiger partial charge in [0.05, 0.1) is 11.4 Å². The third-order valence-electron chi connectivity index (χ3n) is 3.63. The topological polar surface area (TPSA) is 89.2 Å². The van der Waals surface area contributed by atoms with Gasteiger partial charge in [0.25, 0.3) is 0 Å². The molecule has 126 valence electrons. The summed E-state index contributed by atoms with van der Waals surface area (Å²) in [7, 11) is 0. The molecule has 0 spiro atoms. The van der Waals surface area contributed by atoms with Gasteiger partial charge in [-0.2, -0.15) is 0 Å². The van der Waals surface area contributed by atoms with Crippen LogP contribution >= 0.6 is 0 Å². The van der Waals surface area contributed by atoms with Crippen LogP contribution in [0.5, 0.6) is 0 Å². The van der Waals surface area contributed by atoms with Crippen molar-refractivity contribution >= 4 is 23.0 Å². The average Bonchev–Trinajstić information content (AvgIpc) is 2.56. The summed E-state index contributed by atoms with van der Waals surface area (Å²) >= 11 is 0. The van der Waals surface area contributed by atoms with Crippen LogP contribution in [-0.4, -0.2) is 22.1 Å². The van der Waals surface area contributed by atoms with Gasteiger partial charge in [-0.1, -0.05) is 24.3 Å². The SMILES string of the molecule is Cc1ccc(C)c(N=C(NO)C(=Nc2cc(C)ccc2C)NO)c1. The number of hydroxylamine groups is 2. The first-order valence-corrected chi connectivity index (χ1v) is 7.57. The van der Waals surface area contributed by atoms with Crippen molar-refractivity contribution in [2.45, 2.75) is 27.7 Å². The van der Waals surface area contributed by atoms with Crippen LogP contribution in [0.25, 0.3) is 0 Å². The lowest BCUT2D eigenvalue weighted by molar-refractivity contribution is 0.223. The van der Waals surface area contributed by atoms with Crippen molar-refractivity contribution in [1.29, 1.82) is 0 Å². The van der Waals surface area contributed by atoms with E-state index in [0.29, 0.717) is 11.4 Å². The van der Waals surface area contributed by atoms with Crippen molar-refractivity contribution < 1.29 is 10.4 Å². The monoisotopic (exact) mass is 326 g/mol. The summed E-state index contributed by atoms with van der Waals surface area (Å²) in [6, 6.07) is 11.6. The van der Waals surface area contributed by atoms with Crippen molar-refractivity contribution in [3.05, 3.63) is 58.7 Å². The van der Waals surface area contributed by atoms with Gasteiger partial charge < -0.3 is 0 Å². The lowest BCUT2D eigenvalue weighted by atomic mass is 10.1. The Morgan fingerprint density at radius 1 is 0.708 bits per heavy atom. The molecule has 0 bridgehead atoms. The lowest BCUT2D eigenvalue weighted by Crippen LogP contribution is -2.37. The molecule has 2 rings (SSSR count). The van der Waals surface area contributed by atoms with Gasteiger partial charge in [-0.25, -0.2) is 20.9 Å². The molecule has 0 aromatic heterocycles. The smallest absolute Gasteiger partial charge is 0.195 e. The third-order valence-corrected chi connectivity index (χ3v) is 3.63. The number of hydrogen-bond acceptors (Lipinski definition) is 4. The van der Waals surface area contributed by atoms with Crippen LogP contribution in [0, 0.1) is 27.7 Å². The van der Waals surface area contributed by atoms with Gasteiger partial charge in [-0.3, -0.25) is 10.4 Å². The van der Waals surface area contributed by atoms with Crippen molar-refractivity contribution in [3.63, 3.8) is 0 Å². The van der Waals surface area contributed by atoms with E-state index in [0.717, 1.165) is 22.3 Å². The molecule has 0 aliphatic heterocycles. The van der Waals surface area contributed by atoms with E-state index in [1.807, 2.05) is 75.1 Å². The second kappa shape index (κ2) is 7.72. The summed E-state index contributed by atoms with van der Waals surface area (Å²) < 4.78 is 0. The lowest BCUT2D eigenvalue weighted by Gasteiger charge is -2.10. The Morgan fingerprint density at radius 3 is 1.42 bits per heavy atom. The summed E-state index contributed by atoms with van der Waals surface area (Å²) in [5.41, 5.74) is 9.32. The van der Waals surface area contributed by atoms with E-state index in [1.54, 1.807) is 0 Å². The standard InChI is InChI=1S/C18H22N4O2/c1-11-5-7-13(3)15(9-11)19-17(21-23)18(22-24)20-16-10-12(2)6-8-14(16)4/h5-10,23-24H,1-4H3,(H,19,21)(H,20,22). The Labute approximate surface area is 141 Å². The number of benzene rings is 2. The zero-order valence-corrected chi connectivity index (χ0v) is 14.3. The fourth-order valence-corrected chi connectivity index (χ4v) is 2.18. The Balaban J connectivity index is 2.49. The number of rotatable bonds is 2. The predicted octanol–water partition coefficient (Wildman–Crippen LogP) is 3.64. The first-order valence-electron chi connectivity index (χ1n) is 7.57. The van der Waals surface area contributed by atoms with Crippen molar-refractivity contribution in [1.82, 2.24) is 11.0 Å². The summed E-state index contributed by atoms with van der Waals surface area (Å²) in [5.74, 6) is 0.0409. The van der Waals surface area contributed by atoms with Crippen LogP contribution in [0.2, 0.25) is 0 Å². The highest BCUT2D eigenvalue weighted by Crippen LogP contribution is 2.22. The second-order valence-electron chi connectivity index (χ2n) is 5.72. The van der Waals surface area contributed by atoms with Crippen LogP contribution < -0.4 is 11.0 Å². The summed E-state index contributed by atoms with van der Waals surface area (Å²) in [6.07, 6.45) is 0. The average molecular weight is 326 g/mol. The first-order chi connectivity index (χ1) is 11.4. The molecule has 0 radical (unpaired) electrons. The Hall–Kier alpha value is -2.70. The minimum atomic E-state index is 0.0205. The van der Waals surface area contributed by atoms with E-state index in [4.69, 9.17) is 0 Å². The molecule has 6 nitrogen and oxygen atoms in total. The molecule has 0 aliphatic carbocycles. The van der Waals surface area contributed by atoms with Crippen LogP contribution in [0.15, 0.2) is 46.4 Å². The highest BCUT2D eigenvalue weighted by molar-refractivity contribution is 6.40. The first kappa shape index (κ1) is 17.7. The molecule has 0 unspecified atom stereocenters. The zero-order chi connectivity index (χ0) is 17.7. The van der Waals surface area contributed by atoms with E-state index < -0.39 is 0 Å². The highest BCUT2D eigenvalue weighted by Gasteiger charge is 2.10. The second-order valence-corrected chi connectivity index (χ2v) is 5.72. The summed E-state index contributed by atoms with van der Waals surface area (Å²) in [6.45, 7) is 7.75. The highest BCUT2D eigenvalue weighted by atomic mass is 16.5. The van der Waals surface area contributed by atoms with Crippen molar-refractivity contribution in [2.75, 3.05) is 0 Å². The Morgan fingerprint density at radius 2 is 1.08 bits per heavy atom. The van der Waals surface area contributed by atoms with Crippen LogP contribution in [-0.2, 0) is 0 Å². The van der Waals surface area contributed by atoms with E-state index in [1.165, 1.54) is 0 Å². The maximum Gasteiger partial charge on any atom is 0.195 e. The molecule has 24 heavy (non-hydrogen) atoms. The van der Waals surface area contributed by atoms with Crippen LogP contribution in [0.3, 0.4) is 0 Å². The number of nitrogens with one attached hydrogen (secondary N) is 2. The molecule has 2 aromatic carbocycles. The minimum Gasteiger partial charge on any atom is -0.290 e. The largest absolute Gasteiger partial charge is 0.290 e. The van der Waals surface area contributed by atoms with Crippen molar-refractivity contribution in [3.8, 4) is 0 Å².